The number of furan rings is 1. The largest absolute Gasteiger partial charge is 0.462 e. The molecule has 1 aliphatic carbocycles. The van der Waals surface area contributed by atoms with Crippen molar-refractivity contribution >= 4 is 10.0 Å². The monoisotopic (exact) mass is 302 g/mol. The lowest BCUT2D eigenvalue weighted by molar-refractivity contribution is 0.244. The summed E-state index contributed by atoms with van der Waals surface area (Å²) >= 11 is 0. The number of nitrogens with one attached hydrogen (secondary N) is 1. The molecule has 2 rings (SSSR count). The van der Waals surface area contributed by atoms with Gasteiger partial charge in [0.25, 0.3) is 0 Å². The number of hydrogen-bond donors (Lipinski definition) is 2. The van der Waals surface area contributed by atoms with E-state index in [4.69, 9.17) is 9.52 Å². The molecule has 1 fully saturated rings. The zero-order chi connectivity index (χ0) is 14.8. The minimum Gasteiger partial charge on any atom is -0.462 e. The average molecular weight is 302 g/mol. The molecule has 7 heteroatoms. The Morgan fingerprint density at radius 2 is 2.20 bits per heavy atom. The smallest absolute Gasteiger partial charge is 0.244 e. The highest BCUT2D eigenvalue weighted by atomic mass is 32.2. The second-order valence-electron chi connectivity index (χ2n) is 5.05. The minimum atomic E-state index is -3.57. The van der Waals surface area contributed by atoms with Crippen molar-refractivity contribution in [1.82, 2.24) is 9.62 Å². The molecule has 0 amide bonds. The Morgan fingerprint density at radius 1 is 1.50 bits per heavy atom. The Hall–Kier alpha value is -0.890. The summed E-state index contributed by atoms with van der Waals surface area (Å²) < 4.78 is 32.1. The first-order chi connectivity index (χ1) is 9.47. The van der Waals surface area contributed by atoms with Crippen LogP contribution in [0.25, 0.3) is 0 Å². The van der Waals surface area contributed by atoms with Crippen molar-refractivity contribution in [1.29, 1.82) is 0 Å². The first kappa shape index (κ1) is 15.5. The number of aryl methyl sites for hydroxylation is 1. The molecule has 114 valence electrons. The van der Waals surface area contributed by atoms with Gasteiger partial charge in [0.05, 0.1) is 0 Å². The van der Waals surface area contributed by atoms with Gasteiger partial charge >= 0.3 is 0 Å². The van der Waals surface area contributed by atoms with Crippen molar-refractivity contribution in [3.8, 4) is 0 Å². The highest BCUT2D eigenvalue weighted by Crippen LogP contribution is 2.26. The molecule has 2 N–H and O–H groups in total. The molecule has 1 aliphatic rings. The summed E-state index contributed by atoms with van der Waals surface area (Å²) in [5.74, 6) is 0.562. The minimum absolute atomic E-state index is 0.107. The van der Waals surface area contributed by atoms with E-state index in [-0.39, 0.29) is 17.3 Å². The van der Waals surface area contributed by atoms with Crippen LogP contribution in [0.4, 0.5) is 0 Å². The molecule has 0 aromatic carbocycles. The van der Waals surface area contributed by atoms with Gasteiger partial charge < -0.3 is 9.52 Å². The number of likely N-dealkylation sites (N-methyl/N-ethyl adjacent to an activating group) is 1. The molecule has 1 aromatic heterocycles. The van der Waals surface area contributed by atoms with Crippen molar-refractivity contribution < 1.29 is 17.9 Å². The molecular weight excluding hydrogens is 280 g/mol. The fraction of sp³-hybridized carbons (Fsp3) is 0.692. The third-order valence-corrected chi connectivity index (χ3v) is 5.10. The van der Waals surface area contributed by atoms with E-state index in [0.29, 0.717) is 24.9 Å². The second-order valence-corrected chi connectivity index (χ2v) is 6.78. The van der Waals surface area contributed by atoms with Crippen LogP contribution in [0.2, 0.25) is 0 Å². The Balaban J connectivity index is 1.94. The molecule has 6 nitrogen and oxygen atoms in total. The van der Waals surface area contributed by atoms with Gasteiger partial charge in [0.1, 0.15) is 23.0 Å². The van der Waals surface area contributed by atoms with Crippen LogP contribution in [0.1, 0.15) is 31.3 Å². The summed E-state index contributed by atoms with van der Waals surface area (Å²) in [6, 6.07) is 2.00. The molecule has 0 unspecified atom stereocenters. The van der Waals surface area contributed by atoms with E-state index in [9.17, 15) is 8.42 Å². The zero-order valence-electron chi connectivity index (χ0n) is 11.9. The molecule has 0 atom stereocenters. The van der Waals surface area contributed by atoms with Gasteiger partial charge in [-0.15, -0.1) is 0 Å². The standard InChI is InChI=1S/C13H22N2O4S/c1-3-15(11-4-5-11)7-6-14-20(17,18)13-8-12(9-16)19-10(13)2/h8,11,14,16H,3-7,9H2,1-2H3. The highest BCUT2D eigenvalue weighted by Gasteiger charge is 2.28. The number of nitrogens with zero attached hydrogens (tertiary/aromatic N) is 1. The van der Waals surface area contributed by atoms with Gasteiger partial charge in [-0.05, 0) is 26.3 Å². The van der Waals surface area contributed by atoms with E-state index in [1.165, 1.54) is 18.9 Å². The van der Waals surface area contributed by atoms with Crippen LogP contribution in [0, 0.1) is 6.92 Å². The van der Waals surface area contributed by atoms with E-state index < -0.39 is 10.0 Å². The van der Waals surface area contributed by atoms with Gasteiger partial charge in [0.15, 0.2) is 0 Å². The van der Waals surface area contributed by atoms with Gasteiger partial charge in [0, 0.05) is 25.2 Å². The predicted octanol–water partition coefficient (Wildman–Crippen LogP) is 0.843. The van der Waals surface area contributed by atoms with Crippen molar-refractivity contribution in [2.24, 2.45) is 0 Å². The van der Waals surface area contributed by atoms with Crippen molar-refractivity contribution in [2.75, 3.05) is 19.6 Å². The number of aliphatic hydroxyl groups is 1. The third-order valence-electron chi connectivity index (χ3n) is 3.53. The van der Waals surface area contributed by atoms with Gasteiger partial charge in [-0.25, -0.2) is 13.1 Å². The molecule has 0 spiro atoms. The molecule has 1 saturated carbocycles. The van der Waals surface area contributed by atoms with Crippen LogP contribution >= 0.6 is 0 Å². The van der Waals surface area contributed by atoms with E-state index in [2.05, 4.69) is 16.5 Å². The summed E-state index contributed by atoms with van der Waals surface area (Å²) in [4.78, 5) is 2.39. The van der Waals surface area contributed by atoms with Crippen molar-refractivity contribution in [3.63, 3.8) is 0 Å². The van der Waals surface area contributed by atoms with Crippen molar-refractivity contribution in [3.05, 3.63) is 17.6 Å². The zero-order valence-corrected chi connectivity index (χ0v) is 12.7. The van der Waals surface area contributed by atoms with Gasteiger partial charge in [0.2, 0.25) is 10.0 Å². The summed E-state index contributed by atoms with van der Waals surface area (Å²) in [7, 11) is -3.57. The second kappa shape index (κ2) is 6.26. The van der Waals surface area contributed by atoms with Crippen LogP contribution in [-0.4, -0.2) is 44.1 Å². The fourth-order valence-corrected chi connectivity index (χ4v) is 3.53. The summed E-state index contributed by atoms with van der Waals surface area (Å²) in [6.45, 7) is 5.39. The van der Waals surface area contributed by atoms with Crippen LogP contribution < -0.4 is 4.72 Å². The van der Waals surface area contributed by atoms with Crippen LogP contribution in [0.15, 0.2) is 15.4 Å². The Labute approximate surface area is 119 Å². The lowest BCUT2D eigenvalue weighted by atomic mass is 10.4. The van der Waals surface area contributed by atoms with Gasteiger partial charge in [-0.3, -0.25) is 4.90 Å². The maximum absolute atomic E-state index is 12.2. The molecule has 1 aromatic rings. The number of aliphatic hydroxyl groups excluding tert-OH is 1. The highest BCUT2D eigenvalue weighted by molar-refractivity contribution is 7.89. The van der Waals surface area contributed by atoms with Crippen LogP contribution in [0.3, 0.4) is 0 Å². The molecular formula is C13H22N2O4S. The van der Waals surface area contributed by atoms with E-state index in [0.717, 1.165) is 6.54 Å². The number of hydrogen-bond acceptors (Lipinski definition) is 5. The molecule has 20 heavy (non-hydrogen) atoms. The maximum Gasteiger partial charge on any atom is 0.244 e. The Bertz CT molecular complexity index is 549. The lowest BCUT2D eigenvalue weighted by Crippen LogP contribution is -2.36. The number of rotatable bonds is 8. The molecule has 0 saturated heterocycles. The normalized spacial score (nSPS) is 16.0. The SMILES string of the molecule is CCN(CCNS(=O)(=O)c1cc(CO)oc1C)C1CC1. The van der Waals surface area contributed by atoms with Gasteiger partial charge in [-0.1, -0.05) is 6.92 Å². The predicted molar refractivity (Wildman–Crippen MR) is 74.8 cm³/mol. The van der Waals surface area contributed by atoms with E-state index in [1.807, 2.05) is 0 Å². The fourth-order valence-electron chi connectivity index (χ4n) is 2.31. The van der Waals surface area contributed by atoms with E-state index in [1.54, 1.807) is 6.92 Å². The van der Waals surface area contributed by atoms with Crippen LogP contribution in [0.5, 0.6) is 0 Å². The van der Waals surface area contributed by atoms with Crippen molar-refractivity contribution in [2.45, 2.75) is 44.2 Å². The van der Waals surface area contributed by atoms with Gasteiger partial charge in [-0.2, -0.15) is 0 Å². The number of sulfonamides is 1. The molecule has 0 bridgehead atoms. The van der Waals surface area contributed by atoms with E-state index >= 15 is 0 Å². The summed E-state index contributed by atoms with van der Waals surface area (Å²) in [6.07, 6.45) is 2.42. The lowest BCUT2D eigenvalue weighted by Gasteiger charge is -2.19. The average Bonchev–Trinajstić information content (AvgIpc) is 3.17. The Kier molecular flexibility index (Phi) is 4.85. The maximum atomic E-state index is 12.2. The van der Waals surface area contributed by atoms with Crippen LogP contribution in [-0.2, 0) is 16.6 Å². The quantitative estimate of drug-likeness (QED) is 0.743. The summed E-state index contributed by atoms with van der Waals surface area (Å²) in [5.41, 5.74) is 0. The first-order valence-electron chi connectivity index (χ1n) is 6.91. The topological polar surface area (TPSA) is 82.8 Å². The third kappa shape index (κ3) is 3.60. The molecule has 1 heterocycles. The first-order valence-corrected chi connectivity index (χ1v) is 8.40. The summed E-state index contributed by atoms with van der Waals surface area (Å²) in [5, 5.41) is 8.97. The molecule has 0 aliphatic heterocycles. The molecule has 0 radical (unpaired) electrons. The Morgan fingerprint density at radius 3 is 2.70 bits per heavy atom.